The van der Waals surface area contributed by atoms with E-state index in [9.17, 15) is 4.79 Å². The van der Waals surface area contributed by atoms with Crippen LogP contribution in [-0.2, 0) is 24.8 Å². The molecule has 0 saturated carbocycles. The molecule has 0 unspecified atom stereocenters. The highest BCUT2D eigenvalue weighted by Crippen LogP contribution is 2.20. The molecule has 0 radical (unpaired) electrons. The Morgan fingerprint density at radius 3 is 2.73 bits per heavy atom. The molecular formula is C18H21N5O3. The number of nitrogens with zero attached hydrogens (tertiary/aromatic N) is 5. The lowest BCUT2D eigenvalue weighted by atomic mass is 10.2. The molecule has 2 heterocycles. The number of hydrogen-bond acceptors (Lipinski definition) is 6. The van der Waals surface area contributed by atoms with Crippen molar-refractivity contribution in [2.24, 2.45) is 7.05 Å². The second kappa shape index (κ2) is 7.81. The van der Waals surface area contributed by atoms with Crippen molar-refractivity contribution < 1.29 is 14.1 Å². The lowest BCUT2D eigenvalue weighted by molar-refractivity contribution is -0.130. The van der Waals surface area contributed by atoms with Crippen LogP contribution in [-0.4, -0.2) is 44.9 Å². The van der Waals surface area contributed by atoms with Gasteiger partial charge in [-0.05, 0) is 24.3 Å². The lowest BCUT2D eigenvalue weighted by Crippen LogP contribution is -2.26. The number of methoxy groups -OCH3 is 1. The summed E-state index contributed by atoms with van der Waals surface area (Å²) in [7, 11) is 5.23. The number of hydrogen-bond donors (Lipinski definition) is 0. The maximum absolute atomic E-state index is 12.3. The molecule has 2 aromatic heterocycles. The molecule has 0 aliphatic rings. The van der Waals surface area contributed by atoms with Crippen LogP contribution in [0.3, 0.4) is 0 Å². The van der Waals surface area contributed by atoms with Gasteiger partial charge >= 0.3 is 0 Å². The number of aryl methyl sites for hydroxylation is 2. The molecule has 8 heteroatoms. The van der Waals surface area contributed by atoms with E-state index in [4.69, 9.17) is 9.26 Å². The van der Waals surface area contributed by atoms with Gasteiger partial charge in [0.15, 0.2) is 0 Å². The summed E-state index contributed by atoms with van der Waals surface area (Å²) in [6.45, 7) is 0.521. The van der Waals surface area contributed by atoms with Crippen molar-refractivity contribution in [2.45, 2.75) is 19.4 Å². The van der Waals surface area contributed by atoms with Crippen molar-refractivity contribution in [1.82, 2.24) is 24.8 Å². The van der Waals surface area contributed by atoms with Crippen LogP contribution in [0.2, 0.25) is 0 Å². The van der Waals surface area contributed by atoms with Crippen LogP contribution in [0.5, 0.6) is 5.75 Å². The van der Waals surface area contributed by atoms with E-state index in [1.807, 2.05) is 37.5 Å². The van der Waals surface area contributed by atoms with E-state index in [1.54, 1.807) is 29.9 Å². The minimum absolute atomic E-state index is 0.0121. The summed E-state index contributed by atoms with van der Waals surface area (Å²) in [4.78, 5) is 18.3. The van der Waals surface area contributed by atoms with Gasteiger partial charge in [-0.2, -0.15) is 10.1 Å². The van der Waals surface area contributed by atoms with Gasteiger partial charge in [0.2, 0.25) is 17.6 Å². The van der Waals surface area contributed by atoms with Crippen molar-refractivity contribution >= 4 is 5.91 Å². The summed E-state index contributed by atoms with van der Waals surface area (Å²) in [5.41, 5.74) is 1.82. The highest BCUT2D eigenvalue weighted by molar-refractivity contribution is 5.76. The summed E-state index contributed by atoms with van der Waals surface area (Å²) in [6, 6.07) is 7.39. The third-order valence-corrected chi connectivity index (χ3v) is 3.97. The summed E-state index contributed by atoms with van der Waals surface area (Å²) in [6.07, 6.45) is 4.35. The molecule has 0 aliphatic heterocycles. The molecular weight excluding hydrogens is 334 g/mol. The van der Waals surface area contributed by atoms with Gasteiger partial charge in [0.1, 0.15) is 5.75 Å². The summed E-state index contributed by atoms with van der Waals surface area (Å²) < 4.78 is 12.1. The third-order valence-electron chi connectivity index (χ3n) is 3.97. The quantitative estimate of drug-likeness (QED) is 0.645. The molecule has 1 aromatic carbocycles. The van der Waals surface area contributed by atoms with Crippen LogP contribution in [0.4, 0.5) is 0 Å². The van der Waals surface area contributed by atoms with Crippen molar-refractivity contribution in [3.05, 3.63) is 48.1 Å². The van der Waals surface area contributed by atoms with Gasteiger partial charge in [-0.25, -0.2) is 0 Å². The smallest absolute Gasteiger partial charge is 0.227 e. The highest BCUT2D eigenvalue weighted by atomic mass is 16.5. The Hall–Kier alpha value is -3.16. The lowest BCUT2D eigenvalue weighted by Gasteiger charge is -2.15. The van der Waals surface area contributed by atoms with Crippen LogP contribution >= 0.6 is 0 Å². The Morgan fingerprint density at radius 1 is 1.31 bits per heavy atom. The van der Waals surface area contributed by atoms with Gasteiger partial charge in [0.05, 0.1) is 13.3 Å². The molecule has 26 heavy (non-hydrogen) atoms. The van der Waals surface area contributed by atoms with Crippen LogP contribution in [0.25, 0.3) is 11.4 Å². The van der Waals surface area contributed by atoms with Gasteiger partial charge in [0.25, 0.3) is 0 Å². The topological polar surface area (TPSA) is 86.3 Å². The zero-order valence-electron chi connectivity index (χ0n) is 15.0. The van der Waals surface area contributed by atoms with Crippen LogP contribution < -0.4 is 4.74 Å². The molecule has 0 aliphatic carbocycles. The Balaban J connectivity index is 1.54. The first kappa shape index (κ1) is 17.7. The average Bonchev–Trinajstić information content (AvgIpc) is 3.28. The predicted molar refractivity (Wildman–Crippen MR) is 94.3 cm³/mol. The maximum atomic E-state index is 12.3. The number of rotatable bonds is 7. The molecule has 8 nitrogen and oxygen atoms in total. The fraction of sp³-hybridized carbons (Fsp3) is 0.333. The van der Waals surface area contributed by atoms with Crippen LogP contribution in [0, 0.1) is 0 Å². The maximum Gasteiger partial charge on any atom is 0.227 e. The molecule has 3 aromatic rings. The minimum Gasteiger partial charge on any atom is -0.497 e. The number of ether oxygens (including phenoxy) is 1. The van der Waals surface area contributed by atoms with Crippen molar-refractivity contribution in [3.63, 3.8) is 0 Å². The fourth-order valence-electron chi connectivity index (χ4n) is 2.53. The first-order valence-corrected chi connectivity index (χ1v) is 8.23. The second-order valence-corrected chi connectivity index (χ2v) is 6.01. The van der Waals surface area contributed by atoms with E-state index < -0.39 is 0 Å². The number of carbonyl (C=O) groups excluding carboxylic acids is 1. The third kappa shape index (κ3) is 4.27. The van der Waals surface area contributed by atoms with Gasteiger partial charge in [-0.3, -0.25) is 9.48 Å². The summed E-state index contributed by atoms with van der Waals surface area (Å²) in [5, 5.41) is 8.07. The monoisotopic (exact) mass is 355 g/mol. The zero-order valence-corrected chi connectivity index (χ0v) is 15.0. The normalized spacial score (nSPS) is 10.7. The molecule has 0 atom stereocenters. The van der Waals surface area contributed by atoms with E-state index in [-0.39, 0.29) is 5.91 Å². The Bertz CT molecular complexity index is 869. The number of aromatic nitrogens is 4. The first-order valence-electron chi connectivity index (χ1n) is 8.23. The SMILES string of the molecule is COc1ccc(-c2noc(CCC(=O)N(C)Cc3cnn(C)c3)n2)cc1. The highest BCUT2D eigenvalue weighted by Gasteiger charge is 2.14. The Kier molecular flexibility index (Phi) is 5.31. The Morgan fingerprint density at radius 2 is 2.08 bits per heavy atom. The molecule has 136 valence electrons. The minimum atomic E-state index is 0.0121. The molecule has 1 amide bonds. The standard InChI is InChI=1S/C18H21N5O3/c1-22(11-13-10-19-23(2)12-13)17(24)9-8-16-20-18(21-26-16)14-4-6-15(25-3)7-5-14/h4-7,10,12H,8-9,11H2,1-3H3. The van der Waals surface area contributed by atoms with Gasteiger partial charge < -0.3 is 14.2 Å². The zero-order chi connectivity index (χ0) is 18.5. The molecule has 3 rings (SSSR count). The van der Waals surface area contributed by atoms with Crippen molar-refractivity contribution in [3.8, 4) is 17.1 Å². The van der Waals surface area contributed by atoms with Gasteiger partial charge in [-0.1, -0.05) is 5.16 Å². The van der Waals surface area contributed by atoms with E-state index in [1.165, 1.54) is 0 Å². The fourth-order valence-corrected chi connectivity index (χ4v) is 2.53. The molecule has 0 fully saturated rings. The van der Waals surface area contributed by atoms with E-state index in [0.29, 0.717) is 31.1 Å². The van der Waals surface area contributed by atoms with E-state index >= 15 is 0 Å². The van der Waals surface area contributed by atoms with Gasteiger partial charge in [-0.15, -0.1) is 0 Å². The van der Waals surface area contributed by atoms with Crippen LogP contribution in [0.1, 0.15) is 17.9 Å². The first-order chi connectivity index (χ1) is 12.5. The number of carbonyl (C=O) groups is 1. The van der Waals surface area contributed by atoms with Crippen LogP contribution in [0.15, 0.2) is 41.2 Å². The van der Waals surface area contributed by atoms with E-state index in [0.717, 1.165) is 16.9 Å². The molecule has 0 spiro atoms. The molecule has 0 saturated heterocycles. The predicted octanol–water partition coefficient (Wildman–Crippen LogP) is 2.07. The second-order valence-electron chi connectivity index (χ2n) is 6.01. The van der Waals surface area contributed by atoms with Crippen molar-refractivity contribution in [2.75, 3.05) is 14.2 Å². The summed E-state index contributed by atoms with van der Waals surface area (Å²) >= 11 is 0. The molecule has 0 N–H and O–H groups in total. The molecule has 0 bridgehead atoms. The largest absolute Gasteiger partial charge is 0.497 e. The number of benzene rings is 1. The average molecular weight is 355 g/mol. The Labute approximate surface area is 151 Å². The number of amides is 1. The van der Waals surface area contributed by atoms with Crippen molar-refractivity contribution in [1.29, 1.82) is 0 Å². The summed E-state index contributed by atoms with van der Waals surface area (Å²) in [5.74, 6) is 1.72. The van der Waals surface area contributed by atoms with E-state index in [2.05, 4.69) is 15.2 Å². The van der Waals surface area contributed by atoms with Gasteiger partial charge in [0, 0.05) is 50.8 Å².